The summed E-state index contributed by atoms with van der Waals surface area (Å²) in [6.45, 7) is 2.30. The molecule has 0 aromatic carbocycles. The molecule has 4 rings (SSSR count). The third-order valence-corrected chi connectivity index (χ3v) is 5.99. The molecule has 1 aromatic rings. The van der Waals surface area contributed by atoms with Crippen LogP contribution in [0.1, 0.15) is 60.0 Å². The number of carbonyl (C=O) groups is 1. The van der Waals surface area contributed by atoms with E-state index in [1.54, 1.807) is 11.3 Å². The normalized spacial score (nSPS) is 34.5. The van der Waals surface area contributed by atoms with Gasteiger partial charge in [0.25, 0.3) is 0 Å². The average Bonchev–Trinajstić information content (AvgIpc) is 3.17. The summed E-state index contributed by atoms with van der Waals surface area (Å²) in [6, 6.07) is 0. The highest BCUT2D eigenvalue weighted by molar-refractivity contribution is 7.11. The lowest BCUT2D eigenvalue weighted by Crippen LogP contribution is -2.16. The zero-order valence-electron chi connectivity index (χ0n) is 11.6. The summed E-state index contributed by atoms with van der Waals surface area (Å²) in [7, 11) is 0. The largest absolute Gasteiger partial charge is 0.465 e. The molecule has 0 N–H and O–H groups in total. The van der Waals surface area contributed by atoms with Crippen molar-refractivity contribution in [2.24, 2.45) is 0 Å². The molecule has 0 amide bonds. The zero-order chi connectivity index (χ0) is 13.7. The number of nitrogens with zero attached hydrogens (tertiary/aromatic N) is 1. The van der Waals surface area contributed by atoms with Crippen LogP contribution in [0.5, 0.6) is 0 Å². The fourth-order valence-electron chi connectivity index (χ4n) is 3.77. The fourth-order valence-corrected chi connectivity index (χ4v) is 5.08. The highest BCUT2D eigenvalue weighted by atomic mass is 32.1. The van der Waals surface area contributed by atoms with Crippen LogP contribution in [0.15, 0.2) is 0 Å². The van der Waals surface area contributed by atoms with Crippen LogP contribution in [0, 0.1) is 0 Å². The molecule has 2 fully saturated rings. The standard InChI is InChI=1S/C15H19NO3S/c1-2-18-15(17)9-4-6-12-13(9)16-14(20-12)10-7-8-3-5-11(10)19-8/h8-11H,2-7H2,1H3. The lowest BCUT2D eigenvalue weighted by Gasteiger charge is -2.16. The number of fused-ring (bicyclic) bond motifs is 3. The zero-order valence-corrected chi connectivity index (χ0v) is 12.4. The van der Waals surface area contributed by atoms with E-state index < -0.39 is 0 Å². The molecule has 2 aliphatic heterocycles. The van der Waals surface area contributed by atoms with Crippen LogP contribution in [-0.2, 0) is 20.7 Å². The van der Waals surface area contributed by atoms with Crippen molar-refractivity contribution in [3.8, 4) is 0 Å². The summed E-state index contributed by atoms with van der Waals surface area (Å²) in [5.74, 6) is 0.231. The van der Waals surface area contributed by atoms with Gasteiger partial charge in [-0.2, -0.15) is 0 Å². The molecule has 2 saturated heterocycles. The van der Waals surface area contributed by atoms with Crippen molar-refractivity contribution >= 4 is 17.3 Å². The average molecular weight is 293 g/mol. The molecular formula is C15H19NO3S. The number of esters is 1. The van der Waals surface area contributed by atoms with Crippen LogP contribution < -0.4 is 0 Å². The molecule has 108 valence electrons. The molecule has 4 unspecified atom stereocenters. The van der Waals surface area contributed by atoms with E-state index in [1.165, 1.54) is 22.7 Å². The van der Waals surface area contributed by atoms with Gasteiger partial charge in [0.2, 0.25) is 0 Å². The highest BCUT2D eigenvalue weighted by Crippen LogP contribution is 2.48. The first-order valence-electron chi connectivity index (χ1n) is 7.58. The van der Waals surface area contributed by atoms with Gasteiger partial charge < -0.3 is 9.47 Å². The fraction of sp³-hybridized carbons (Fsp3) is 0.733. The lowest BCUT2D eigenvalue weighted by atomic mass is 9.90. The van der Waals surface area contributed by atoms with Crippen molar-refractivity contribution in [3.05, 3.63) is 15.6 Å². The quantitative estimate of drug-likeness (QED) is 0.804. The molecule has 3 heterocycles. The van der Waals surface area contributed by atoms with Gasteiger partial charge in [-0.15, -0.1) is 11.3 Å². The Morgan fingerprint density at radius 3 is 3.05 bits per heavy atom. The molecule has 2 bridgehead atoms. The molecule has 20 heavy (non-hydrogen) atoms. The Morgan fingerprint density at radius 2 is 2.35 bits per heavy atom. The minimum atomic E-state index is -0.130. The molecule has 3 aliphatic rings. The molecule has 0 radical (unpaired) electrons. The van der Waals surface area contributed by atoms with Gasteiger partial charge in [-0.3, -0.25) is 4.79 Å². The van der Waals surface area contributed by atoms with Crippen LogP contribution in [0.3, 0.4) is 0 Å². The van der Waals surface area contributed by atoms with Gasteiger partial charge in [-0.05, 0) is 39.0 Å². The van der Waals surface area contributed by atoms with Crippen LogP contribution in [-0.4, -0.2) is 29.8 Å². The van der Waals surface area contributed by atoms with Crippen LogP contribution in [0.2, 0.25) is 0 Å². The van der Waals surface area contributed by atoms with E-state index in [0.29, 0.717) is 24.7 Å². The summed E-state index contributed by atoms with van der Waals surface area (Å²) in [5.41, 5.74) is 0.992. The van der Waals surface area contributed by atoms with E-state index in [4.69, 9.17) is 14.5 Å². The first-order chi connectivity index (χ1) is 9.76. The summed E-state index contributed by atoms with van der Waals surface area (Å²) in [4.78, 5) is 18.1. The van der Waals surface area contributed by atoms with Crippen molar-refractivity contribution in [2.45, 2.75) is 63.1 Å². The smallest absolute Gasteiger partial charge is 0.315 e. The van der Waals surface area contributed by atoms with Gasteiger partial charge in [0.05, 0.1) is 29.5 Å². The number of hydrogen-bond acceptors (Lipinski definition) is 5. The van der Waals surface area contributed by atoms with Crippen molar-refractivity contribution in [1.29, 1.82) is 0 Å². The third kappa shape index (κ3) is 1.91. The van der Waals surface area contributed by atoms with Gasteiger partial charge in [-0.1, -0.05) is 0 Å². The number of aromatic nitrogens is 1. The topological polar surface area (TPSA) is 48.4 Å². The van der Waals surface area contributed by atoms with Gasteiger partial charge in [0.1, 0.15) is 5.92 Å². The van der Waals surface area contributed by atoms with E-state index >= 15 is 0 Å². The van der Waals surface area contributed by atoms with E-state index in [2.05, 4.69) is 0 Å². The van der Waals surface area contributed by atoms with E-state index in [0.717, 1.165) is 25.0 Å². The van der Waals surface area contributed by atoms with Crippen molar-refractivity contribution in [3.63, 3.8) is 0 Å². The number of thiazole rings is 1. The number of hydrogen-bond donors (Lipinski definition) is 0. The van der Waals surface area contributed by atoms with Gasteiger partial charge in [0, 0.05) is 10.8 Å². The highest BCUT2D eigenvalue weighted by Gasteiger charge is 2.44. The third-order valence-electron chi connectivity index (χ3n) is 4.73. The second-order valence-corrected chi connectivity index (χ2v) is 7.04. The Labute approximate surface area is 122 Å². The maximum absolute atomic E-state index is 12.0. The molecule has 0 spiro atoms. The summed E-state index contributed by atoms with van der Waals surface area (Å²) in [5, 5.41) is 1.19. The lowest BCUT2D eigenvalue weighted by molar-refractivity contribution is -0.145. The van der Waals surface area contributed by atoms with Crippen LogP contribution >= 0.6 is 11.3 Å². The SMILES string of the molecule is CCOC(=O)C1CCc2sc(C3CC4CCC3O4)nc21. The number of rotatable bonds is 3. The maximum atomic E-state index is 12.0. The first-order valence-corrected chi connectivity index (χ1v) is 8.39. The minimum Gasteiger partial charge on any atom is -0.465 e. The molecule has 1 aromatic heterocycles. The Kier molecular flexibility index (Phi) is 3.07. The number of carbonyl (C=O) groups excluding carboxylic acids is 1. The summed E-state index contributed by atoms with van der Waals surface area (Å²) >= 11 is 1.80. The van der Waals surface area contributed by atoms with Gasteiger partial charge in [-0.25, -0.2) is 4.98 Å². The molecule has 1 aliphatic carbocycles. The Morgan fingerprint density at radius 1 is 1.45 bits per heavy atom. The number of ether oxygens (including phenoxy) is 2. The molecular weight excluding hydrogens is 274 g/mol. The van der Waals surface area contributed by atoms with Crippen LogP contribution in [0.4, 0.5) is 0 Å². The number of aryl methyl sites for hydroxylation is 1. The maximum Gasteiger partial charge on any atom is 0.315 e. The molecule has 5 heteroatoms. The second kappa shape index (κ2) is 4.81. The predicted octanol–water partition coefficient (Wildman–Crippen LogP) is 2.77. The van der Waals surface area contributed by atoms with Crippen molar-refractivity contribution in [1.82, 2.24) is 4.98 Å². The Balaban J connectivity index is 1.57. The van der Waals surface area contributed by atoms with E-state index in [1.807, 2.05) is 6.92 Å². The minimum absolute atomic E-state index is 0.104. The van der Waals surface area contributed by atoms with Gasteiger partial charge in [0.15, 0.2) is 0 Å². The van der Waals surface area contributed by atoms with E-state index in [9.17, 15) is 4.79 Å². The first kappa shape index (κ1) is 12.8. The molecule has 4 atom stereocenters. The van der Waals surface area contributed by atoms with Gasteiger partial charge >= 0.3 is 5.97 Å². The van der Waals surface area contributed by atoms with Crippen molar-refractivity contribution < 1.29 is 14.3 Å². The van der Waals surface area contributed by atoms with E-state index in [-0.39, 0.29) is 11.9 Å². The molecule has 0 saturated carbocycles. The predicted molar refractivity (Wildman–Crippen MR) is 75.1 cm³/mol. The Bertz CT molecular complexity index is 541. The van der Waals surface area contributed by atoms with Crippen LogP contribution in [0.25, 0.3) is 0 Å². The molecule has 4 nitrogen and oxygen atoms in total. The summed E-state index contributed by atoms with van der Waals surface area (Å²) < 4.78 is 11.1. The monoisotopic (exact) mass is 293 g/mol. The van der Waals surface area contributed by atoms with Crippen molar-refractivity contribution in [2.75, 3.05) is 6.61 Å². The Hall–Kier alpha value is -0.940. The summed E-state index contributed by atoms with van der Waals surface area (Å²) in [6.07, 6.45) is 6.13. The second-order valence-electron chi connectivity index (χ2n) is 5.92.